The lowest BCUT2D eigenvalue weighted by atomic mass is 10.1. The molecule has 1 aromatic rings. The molecule has 0 fully saturated rings. The van der Waals surface area contributed by atoms with E-state index in [1.54, 1.807) is 0 Å². The number of carboxylic acids is 1. The van der Waals surface area contributed by atoms with Crippen LogP contribution in [-0.4, -0.2) is 33.4 Å². The molecule has 1 amide bonds. The third kappa shape index (κ3) is 5.42. The van der Waals surface area contributed by atoms with Crippen molar-refractivity contribution in [2.45, 2.75) is 18.9 Å². The summed E-state index contributed by atoms with van der Waals surface area (Å²) in [5, 5.41) is 21.5. The van der Waals surface area contributed by atoms with Gasteiger partial charge >= 0.3 is 5.97 Å². The Morgan fingerprint density at radius 1 is 1.35 bits per heavy atom. The Kier molecular flexibility index (Phi) is 6.83. The Hall–Kier alpha value is -2.52. The molecule has 0 heterocycles. The number of hydrogen-bond acceptors (Lipinski definition) is 5. The molecule has 6 N–H and O–H groups in total. The van der Waals surface area contributed by atoms with Gasteiger partial charge in [0, 0.05) is 24.2 Å². The van der Waals surface area contributed by atoms with Crippen molar-refractivity contribution in [1.82, 2.24) is 0 Å². The summed E-state index contributed by atoms with van der Waals surface area (Å²) in [4.78, 5) is 31.8. The Morgan fingerprint density at radius 3 is 2.35 bits per heavy atom. The number of nitrogens with zero attached hydrogens (tertiary/aromatic N) is 1. The molecule has 1 aromatic carbocycles. The van der Waals surface area contributed by atoms with Crippen LogP contribution in [0, 0.1) is 10.1 Å². The maximum atomic E-state index is 11.5. The van der Waals surface area contributed by atoms with E-state index >= 15 is 0 Å². The highest BCUT2D eigenvalue weighted by Crippen LogP contribution is 2.15. The van der Waals surface area contributed by atoms with Crippen molar-refractivity contribution in [3.8, 4) is 0 Å². The number of nitro benzene ring substituents is 1. The molecule has 0 aliphatic carbocycles. The molecule has 110 valence electrons. The minimum atomic E-state index is -1.16. The van der Waals surface area contributed by atoms with E-state index in [4.69, 9.17) is 10.8 Å². The van der Waals surface area contributed by atoms with Crippen molar-refractivity contribution in [3.63, 3.8) is 0 Å². The second-order valence-corrected chi connectivity index (χ2v) is 3.84. The predicted octanol–water partition coefficient (Wildman–Crippen LogP) is -0.0993. The van der Waals surface area contributed by atoms with Crippen LogP contribution >= 0.6 is 0 Å². The molecular formula is C11H15N3O6. The summed E-state index contributed by atoms with van der Waals surface area (Å²) in [6.07, 6.45) is -0.0153. The minimum absolute atomic E-state index is 0. The van der Waals surface area contributed by atoms with Gasteiger partial charge in [-0.2, -0.15) is 0 Å². The Labute approximate surface area is 113 Å². The van der Waals surface area contributed by atoms with E-state index in [0.717, 1.165) is 0 Å². The fourth-order valence-electron chi connectivity index (χ4n) is 1.30. The molecule has 0 unspecified atom stereocenters. The number of carbonyl (C=O) groups is 2. The zero-order valence-corrected chi connectivity index (χ0v) is 10.4. The lowest BCUT2D eigenvalue weighted by Gasteiger charge is -2.07. The number of amides is 1. The minimum Gasteiger partial charge on any atom is -0.480 e. The van der Waals surface area contributed by atoms with Crippen molar-refractivity contribution >= 4 is 23.3 Å². The smallest absolute Gasteiger partial charge is 0.320 e. The van der Waals surface area contributed by atoms with E-state index in [0.29, 0.717) is 5.69 Å². The number of nitrogens with one attached hydrogen (secondary N) is 1. The molecule has 0 aliphatic heterocycles. The van der Waals surface area contributed by atoms with Crippen molar-refractivity contribution in [2.24, 2.45) is 5.73 Å². The second-order valence-electron chi connectivity index (χ2n) is 3.84. The Balaban J connectivity index is 0.00000361. The van der Waals surface area contributed by atoms with Crippen LogP contribution in [0.15, 0.2) is 24.3 Å². The van der Waals surface area contributed by atoms with E-state index in [1.165, 1.54) is 24.3 Å². The Bertz CT molecular complexity index is 487. The largest absolute Gasteiger partial charge is 0.480 e. The molecule has 0 bridgehead atoms. The Morgan fingerprint density at radius 2 is 1.90 bits per heavy atom. The van der Waals surface area contributed by atoms with E-state index in [2.05, 4.69) is 5.32 Å². The zero-order valence-electron chi connectivity index (χ0n) is 10.4. The van der Waals surface area contributed by atoms with Crippen LogP contribution in [0.1, 0.15) is 12.8 Å². The summed E-state index contributed by atoms with van der Waals surface area (Å²) in [6.45, 7) is 0. The summed E-state index contributed by atoms with van der Waals surface area (Å²) in [7, 11) is 0. The average molecular weight is 285 g/mol. The van der Waals surface area contributed by atoms with E-state index in [9.17, 15) is 19.7 Å². The van der Waals surface area contributed by atoms with Gasteiger partial charge < -0.3 is 21.6 Å². The van der Waals surface area contributed by atoms with Gasteiger partial charge in [-0.25, -0.2) is 0 Å². The number of non-ortho nitro benzene ring substituents is 1. The van der Waals surface area contributed by atoms with Gasteiger partial charge in [-0.15, -0.1) is 0 Å². The fourth-order valence-corrected chi connectivity index (χ4v) is 1.30. The maximum Gasteiger partial charge on any atom is 0.320 e. The van der Waals surface area contributed by atoms with Crippen LogP contribution in [-0.2, 0) is 9.59 Å². The monoisotopic (exact) mass is 285 g/mol. The van der Waals surface area contributed by atoms with Gasteiger partial charge in [-0.05, 0) is 18.6 Å². The number of benzene rings is 1. The number of anilines is 1. The summed E-state index contributed by atoms with van der Waals surface area (Å²) >= 11 is 0. The highest BCUT2D eigenvalue weighted by molar-refractivity contribution is 5.91. The molecule has 0 radical (unpaired) electrons. The first-order valence-corrected chi connectivity index (χ1v) is 5.43. The van der Waals surface area contributed by atoms with Crippen LogP contribution in [0.4, 0.5) is 11.4 Å². The van der Waals surface area contributed by atoms with Crippen LogP contribution in [0.2, 0.25) is 0 Å². The fraction of sp³-hybridized carbons (Fsp3) is 0.273. The lowest BCUT2D eigenvalue weighted by molar-refractivity contribution is -0.384. The number of aliphatic carboxylic acids is 1. The number of nitrogens with two attached hydrogens (primary N) is 1. The molecule has 0 spiro atoms. The van der Waals surface area contributed by atoms with Crippen molar-refractivity contribution in [3.05, 3.63) is 34.4 Å². The van der Waals surface area contributed by atoms with Gasteiger partial charge in [0.15, 0.2) is 0 Å². The molecule has 1 rings (SSSR count). The topological polar surface area (TPSA) is 167 Å². The van der Waals surface area contributed by atoms with Gasteiger partial charge in [0.25, 0.3) is 5.69 Å². The van der Waals surface area contributed by atoms with E-state index in [-0.39, 0.29) is 24.0 Å². The standard InChI is InChI=1S/C11H13N3O5.H2O/c12-9(11(16)17)5-6-10(15)13-7-1-3-8(4-2-7)14(18)19;/h1-4,9H,5-6,12H2,(H,13,15)(H,16,17);1H2/t9-;/m0./s1. The molecule has 0 saturated heterocycles. The SMILES string of the molecule is N[C@@H](CCC(=O)Nc1ccc([N+](=O)[O-])cc1)C(=O)O.O. The van der Waals surface area contributed by atoms with Crippen LogP contribution in [0.5, 0.6) is 0 Å². The summed E-state index contributed by atoms with van der Waals surface area (Å²) in [5.41, 5.74) is 5.58. The summed E-state index contributed by atoms with van der Waals surface area (Å²) in [5.74, 6) is -1.56. The molecule has 20 heavy (non-hydrogen) atoms. The molecule has 0 saturated carbocycles. The average Bonchev–Trinajstić information content (AvgIpc) is 2.36. The third-order valence-corrected chi connectivity index (χ3v) is 2.36. The van der Waals surface area contributed by atoms with Crippen LogP contribution in [0.25, 0.3) is 0 Å². The molecule has 0 aromatic heterocycles. The van der Waals surface area contributed by atoms with Crippen molar-refractivity contribution in [2.75, 3.05) is 5.32 Å². The molecular weight excluding hydrogens is 270 g/mol. The number of carboxylic acid groups (broad SMARTS) is 1. The molecule has 9 heteroatoms. The third-order valence-electron chi connectivity index (χ3n) is 2.36. The first-order valence-electron chi connectivity index (χ1n) is 5.43. The maximum absolute atomic E-state index is 11.5. The molecule has 9 nitrogen and oxygen atoms in total. The van der Waals surface area contributed by atoms with Crippen molar-refractivity contribution < 1.29 is 25.1 Å². The highest BCUT2D eigenvalue weighted by Gasteiger charge is 2.13. The summed E-state index contributed by atoms with van der Waals surface area (Å²) < 4.78 is 0. The molecule has 1 atom stereocenters. The lowest BCUT2D eigenvalue weighted by Crippen LogP contribution is -2.31. The van der Waals surface area contributed by atoms with E-state index in [1.807, 2.05) is 0 Å². The first kappa shape index (κ1) is 17.5. The predicted molar refractivity (Wildman–Crippen MR) is 70.2 cm³/mol. The molecule has 0 aliphatic rings. The highest BCUT2D eigenvalue weighted by atomic mass is 16.6. The van der Waals surface area contributed by atoms with Gasteiger partial charge in [-0.3, -0.25) is 19.7 Å². The van der Waals surface area contributed by atoms with Crippen LogP contribution in [0.3, 0.4) is 0 Å². The number of rotatable bonds is 6. The number of carbonyl (C=O) groups excluding carboxylic acids is 1. The van der Waals surface area contributed by atoms with Gasteiger partial charge in [0.05, 0.1) is 4.92 Å². The normalized spacial score (nSPS) is 11.1. The zero-order chi connectivity index (χ0) is 14.4. The van der Waals surface area contributed by atoms with E-state index < -0.39 is 22.8 Å². The van der Waals surface area contributed by atoms with Gasteiger partial charge in [-0.1, -0.05) is 0 Å². The van der Waals surface area contributed by atoms with Gasteiger partial charge in [0.1, 0.15) is 6.04 Å². The first-order chi connectivity index (χ1) is 8.90. The van der Waals surface area contributed by atoms with Gasteiger partial charge in [0.2, 0.25) is 5.91 Å². The number of nitro groups is 1. The second kappa shape index (κ2) is 7.81. The van der Waals surface area contributed by atoms with Crippen LogP contribution < -0.4 is 11.1 Å². The number of hydrogen-bond donors (Lipinski definition) is 3. The quantitative estimate of drug-likeness (QED) is 0.487. The van der Waals surface area contributed by atoms with Crippen molar-refractivity contribution in [1.29, 1.82) is 0 Å². The summed E-state index contributed by atoms with van der Waals surface area (Å²) in [6, 6.07) is 4.24.